The number of carbonyl (C=O) groups excluding carboxylic acids is 2. The number of esters is 2. The van der Waals surface area contributed by atoms with Gasteiger partial charge in [0.15, 0.2) is 6.10 Å². The summed E-state index contributed by atoms with van der Waals surface area (Å²) < 4.78 is 34.1. The second kappa shape index (κ2) is 46.1. The Morgan fingerprint density at radius 1 is 0.429 bits per heavy atom. The molecule has 0 heterocycles. The lowest BCUT2D eigenvalue weighted by Gasteiger charge is -2.28. The van der Waals surface area contributed by atoms with E-state index < -0.39 is 26.5 Å². The monoisotopic (exact) mass is 916 g/mol. The maximum Gasteiger partial charge on any atom is 0.306 e. The number of carbonyl (C=O) groups is 2. The van der Waals surface area contributed by atoms with Gasteiger partial charge >= 0.3 is 11.9 Å². The van der Waals surface area contributed by atoms with Gasteiger partial charge in [-0.3, -0.25) is 14.2 Å². The van der Waals surface area contributed by atoms with Crippen LogP contribution in [0.2, 0.25) is 0 Å². The van der Waals surface area contributed by atoms with E-state index in [1.807, 2.05) is 21.1 Å². The third kappa shape index (κ3) is 50.3. The Morgan fingerprint density at radius 2 is 0.714 bits per heavy atom. The molecule has 0 aromatic rings. The average molecular weight is 916 g/mol. The first kappa shape index (κ1) is 62.0. The first-order chi connectivity index (χ1) is 30.5. The van der Waals surface area contributed by atoms with Crippen molar-refractivity contribution >= 4 is 19.8 Å². The summed E-state index contributed by atoms with van der Waals surface area (Å²) >= 11 is 0. The summed E-state index contributed by atoms with van der Waals surface area (Å²) in [6, 6.07) is 0. The van der Waals surface area contributed by atoms with E-state index in [0.717, 1.165) is 32.1 Å². The summed E-state index contributed by atoms with van der Waals surface area (Å²) in [7, 11) is 1.19. The molecular formula is C53H106NO8P. The molecule has 0 aliphatic carbocycles. The van der Waals surface area contributed by atoms with Crippen molar-refractivity contribution < 1.29 is 42.1 Å². The van der Waals surface area contributed by atoms with Gasteiger partial charge in [0.1, 0.15) is 19.8 Å². The smallest absolute Gasteiger partial charge is 0.306 e. The van der Waals surface area contributed by atoms with Crippen LogP contribution in [0.25, 0.3) is 0 Å². The number of rotatable bonds is 51. The van der Waals surface area contributed by atoms with E-state index in [4.69, 9.17) is 18.5 Å². The van der Waals surface area contributed by atoms with Crippen LogP contribution < -0.4 is 4.89 Å². The Balaban J connectivity index is 4.16. The van der Waals surface area contributed by atoms with Gasteiger partial charge in [-0.25, -0.2) is 0 Å². The van der Waals surface area contributed by atoms with Crippen LogP contribution in [-0.4, -0.2) is 70.0 Å². The summed E-state index contributed by atoms with van der Waals surface area (Å²) in [5, 5.41) is 0. The zero-order valence-corrected chi connectivity index (χ0v) is 43.5. The topological polar surface area (TPSA) is 111 Å². The van der Waals surface area contributed by atoms with E-state index in [-0.39, 0.29) is 32.0 Å². The van der Waals surface area contributed by atoms with Crippen molar-refractivity contribution in [2.75, 3.05) is 47.5 Å². The van der Waals surface area contributed by atoms with Gasteiger partial charge in [0.25, 0.3) is 7.82 Å². The average Bonchev–Trinajstić information content (AvgIpc) is 3.24. The summed E-state index contributed by atoms with van der Waals surface area (Å²) in [4.78, 5) is 37.8. The molecule has 0 spiro atoms. The number of ether oxygens (including phenoxy) is 2. The van der Waals surface area contributed by atoms with Crippen LogP contribution >= 0.6 is 7.82 Å². The fourth-order valence-electron chi connectivity index (χ4n) is 8.13. The molecule has 0 aliphatic heterocycles. The van der Waals surface area contributed by atoms with Crippen molar-refractivity contribution in [1.29, 1.82) is 0 Å². The van der Waals surface area contributed by atoms with Crippen LogP contribution in [0.4, 0.5) is 0 Å². The van der Waals surface area contributed by atoms with Crippen LogP contribution in [0.1, 0.15) is 277 Å². The van der Waals surface area contributed by atoms with Crippen molar-refractivity contribution in [3.8, 4) is 0 Å². The number of hydrogen-bond acceptors (Lipinski definition) is 8. The molecule has 0 rings (SSSR count). The highest BCUT2D eigenvalue weighted by Gasteiger charge is 2.22. The molecule has 0 aromatic carbocycles. The maximum atomic E-state index is 12.8. The number of phosphoric acid groups is 1. The third-order valence-electron chi connectivity index (χ3n) is 12.4. The molecule has 9 nitrogen and oxygen atoms in total. The van der Waals surface area contributed by atoms with E-state index in [2.05, 4.69) is 13.8 Å². The van der Waals surface area contributed by atoms with Gasteiger partial charge in [-0.1, -0.05) is 251 Å². The number of likely N-dealkylation sites (N-methyl/N-ethyl adjacent to an activating group) is 1. The Labute approximate surface area is 391 Å². The Morgan fingerprint density at radius 3 is 1.02 bits per heavy atom. The lowest BCUT2D eigenvalue weighted by molar-refractivity contribution is -0.870. The molecule has 0 saturated carbocycles. The van der Waals surface area contributed by atoms with Crippen molar-refractivity contribution in [3.05, 3.63) is 0 Å². The molecule has 10 heteroatoms. The Kier molecular flexibility index (Phi) is 45.4. The van der Waals surface area contributed by atoms with Crippen LogP contribution in [0, 0.1) is 0 Å². The molecule has 2 unspecified atom stereocenters. The number of quaternary nitrogens is 1. The van der Waals surface area contributed by atoms with Crippen LogP contribution in [0.15, 0.2) is 0 Å². The fourth-order valence-corrected chi connectivity index (χ4v) is 8.86. The summed E-state index contributed by atoms with van der Waals surface area (Å²) in [5.41, 5.74) is 0. The minimum absolute atomic E-state index is 0.0252. The number of phosphoric ester groups is 1. The molecule has 0 aromatic heterocycles. The highest BCUT2D eigenvalue weighted by molar-refractivity contribution is 7.45. The lowest BCUT2D eigenvalue weighted by atomic mass is 10.0. The zero-order valence-electron chi connectivity index (χ0n) is 42.6. The molecular weight excluding hydrogens is 810 g/mol. The molecule has 0 fully saturated rings. The number of nitrogens with zero attached hydrogens (tertiary/aromatic N) is 1. The van der Waals surface area contributed by atoms with Gasteiger partial charge < -0.3 is 27.9 Å². The molecule has 0 bridgehead atoms. The molecule has 0 amide bonds. The Bertz CT molecular complexity index is 1040. The van der Waals surface area contributed by atoms with Crippen molar-refractivity contribution in [1.82, 2.24) is 0 Å². The van der Waals surface area contributed by atoms with Gasteiger partial charge in [-0.05, 0) is 12.8 Å². The Hall–Kier alpha value is -0.990. The van der Waals surface area contributed by atoms with Gasteiger partial charge in [0, 0.05) is 12.8 Å². The van der Waals surface area contributed by atoms with Gasteiger partial charge in [0.2, 0.25) is 0 Å². The first-order valence-electron chi connectivity index (χ1n) is 27.2. The molecule has 0 N–H and O–H groups in total. The minimum Gasteiger partial charge on any atom is -0.756 e. The van der Waals surface area contributed by atoms with Crippen molar-refractivity contribution in [3.63, 3.8) is 0 Å². The van der Waals surface area contributed by atoms with E-state index in [9.17, 15) is 19.0 Å². The second-order valence-electron chi connectivity index (χ2n) is 20.0. The zero-order chi connectivity index (χ0) is 46.4. The summed E-state index contributed by atoms with van der Waals surface area (Å²) in [6.07, 6.45) is 49.9. The fraction of sp³-hybridized carbons (Fsp3) is 0.962. The van der Waals surface area contributed by atoms with Crippen LogP contribution in [0.5, 0.6) is 0 Å². The van der Waals surface area contributed by atoms with Crippen molar-refractivity contribution in [2.45, 2.75) is 283 Å². The quantitative estimate of drug-likeness (QED) is 0.0257. The molecule has 2 atom stereocenters. The van der Waals surface area contributed by atoms with Crippen LogP contribution in [-0.2, 0) is 32.7 Å². The van der Waals surface area contributed by atoms with E-state index in [0.29, 0.717) is 17.4 Å². The summed E-state index contributed by atoms with van der Waals surface area (Å²) in [5.74, 6) is -0.811. The summed E-state index contributed by atoms with van der Waals surface area (Å²) in [6.45, 7) is 4.30. The highest BCUT2D eigenvalue weighted by Crippen LogP contribution is 2.38. The largest absolute Gasteiger partial charge is 0.756 e. The van der Waals surface area contributed by atoms with E-state index in [1.165, 1.54) is 212 Å². The number of unbranched alkanes of at least 4 members (excludes halogenated alkanes) is 37. The van der Waals surface area contributed by atoms with Gasteiger partial charge in [0.05, 0.1) is 27.7 Å². The normalized spacial score (nSPS) is 13.3. The van der Waals surface area contributed by atoms with E-state index in [1.54, 1.807) is 0 Å². The molecule has 0 saturated heterocycles. The van der Waals surface area contributed by atoms with Gasteiger partial charge in [-0.15, -0.1) is 0 Å². The maximum absolute atomic E-state index is 12.8. The SMILES string of the molecule is CCCCCCCCCCCCCCCCCCCCCCC(=O)OC(COC(=O)CCCCCCCCCCCCCCCCCCCCC)COP(=O)([O-])OCC[N+](C)(C)C. The lowest BCUT2D eigenvalue weighted by Crippen LogP contribution is -2.37. The third-order valence-corrected chi connectivity index (χ3v) is 13.3. The molecule has 0 aliphatic rings. The number of hydrogen-bond donors (Lipinski definition) is 0. The molecule has 63 heavy (non-hydrogen) atoms. The molecule has 376 valence electrons. The predicted octanol–water partition coefficient (Wildman–Crippen LogP) is 15.7. The minimum atomic E-state index is -4.62. The standard InChI is InChI=1S/C53H106NO8P/c1-6-8-10-12-14-16-18-20-22-24-26-28-30-32-34-36-38-40-42-44-46-53(56)62-51(50-61-63(57,58)60-48-47-54(3,4)5)49-59-52(55)45-43-41-39-37-35-33-31-29-27-25-23-21-19-17-15-13-11-9-7-2/h51H,6-50H2,1-5H3. The van der Waals surface area contributed by atoms with E-state index >= 15 is 0 Å². The van der Waals surface area contributed by atoms with Gasteiger partial charge in [-0.2, -0.15) is 0 Å². The predicted molar refractivity (Wildman–Crippen MR) is 264 cm³/mol. The first-order valence-corrected chi connectivity index (χ1v) is 28.7. The van der Waals surface area contributed by atoms with Crippen LogP contribution in [0.3, 0.4) is 0 Å². The second-order valence-corrected chi connectivity index (χ2v) is 21.4. The van der Waals surface area contributed by atoms with Crippen molar-refractivity contribution in [2.24, 2.45) is 0 Å². The molecule has 0 radical (unpaired) electrons. The highest BCUT2D eigenvalue weighted by atomic mass is 31.2.